The molecule has 1 aromatic heterocycles. The SMILES string of the molecule is CCOc1ccc(NC(=O)N(CCO)Cc2cc3cc(Br)cc(Cl)c3[nH]c2=O)cc1. The van der Waals surface area contributed by atoms with Crippen molar-refractivity contribution in [2.24, 2.45) is 0 Å². The first-order valence-electron chi connectivity index (χ1n) is 9.32. The van der Waals surface area contributed by atoms with Crippen LogP contribution in [-0.2, 0) is 6.54 Å². The van der Waals surface area contributed by atoms with Gasteiger partial charge in [0.1, 0.15) is 5.75 Å². The van der Waals surface area contributed by atoms with E-state index in [4.69, 9.17) is 16.3 Å². The van der Waals surface area contributed by atoms with Gasteiger partial charge >= 0.3 is 6.03 Å². The van der Waals surface area contributed by atoms with Crippen molar-refractivity contribution in [3.63, 3.8) is 0 Å². The third kappa shape index (κ3) is 5.33. The molecule has 0 radical (unpaired) electrons. The summed E-state index contributed by atoms with van der Waals surface area (Å²) in [6.07, 6.45) is 0. The highest BCUT2D eigenvalue weighted by atomic mass is 79.9. The summed E-state index contributed by atoms with van der Waals surface area (Å²) >= 11 is 9.58. The number of aliphatic hydroxyl groups is 1. The Morgan fingerprint density at radius 2 is 2.00 bits per heavy atom. The van der Waals surface area contributed by atoms with Gasteiger partial charge in [-0.2, -0.15) is 0 Å². The van der Waals surface area contributed by atoms with Gasteiger partial charge in [0.15, 0.2) is 0 Å². The molecule has 0 aliphatic carbocycles. The highest BCUT2D eigenvalue weighted by Crippen LogP contribution is 2.26. The van der Waals surface area contributed by atoms with Crippen LogP contribution in [0.15, 0.2) is 51.7 Å². The summed E-state index contributed by atoms with van der Waals surface area (Å²) in [7, 11) is 0. The van der Waals surface area contributed by atoms with E-state index >= 15 is 0 Å². The number of aromatic amines is 1. The van der Waals surface area contributed by atoms with Gasteiger partial charge in [0.2, 0.25) is 0 Å². The van der Waals surface area contributed by atoms with Gasteiger partial charge in [-0.1, -0.05) is 27.5 Å². The zero-order valence-electron chi connectivity index (χ0n) is 16.2. The number of H-pyrrole nitrogens is 1. The number of fused-ring (bicyclic) bond motifs is 1. The van der Waals surface area contributed by atoms with Crippen molar-refractivity contribution >= 4 is 50.2 Å². The molecule has 0 saturated carbocycles. The third-order valence-electron chi connectivity index (χ3n) is 4.38. The third-order valence-corrected chi connectivity index (χ3v) is 5.14. The summed E-state index contributed by atoms with van der Waals surface area (Å²) in [4.78, 5) is 29.4. The lowest BCUT2D eigenvalue weighted by molar-refractivity contribution is 0.185. The Morgan fingerprint density at radius 1 is 1.27 bits per heavy atom. The highest BCUT2D eigenvalue weighted by Gasteiger charge is 2.17. The number of aliphatic hydroxyl groups excluding tert-OH is 1. The maximum atomic E-state index is 12.7. The van der Waals surface area contributed by atoms with E-state index in [9.17, 15) is 14.7 Å². The standard InChI is InChI=1S/C21H21BrClN3O4/c1-2-30-17-5-3-16(4-6-17)24-21(29)26(7-8-27)12-14-9-13-10-15(22)11-18(23)19(13)25-20(14)28/h3-6,9-11,27H,2,7-8,12H2,1H3,(H,24,29)(H,25,28). The lowest BCUT2D eigenvalue weighted by Crippen LogP contribution is -2.38. The molecule has 2 aromatic carbocycles. The lowest BCUT2D eigenvalue weighted by Gasteiger charge is -2.22. The summed E-state index contributed by atoms with van der Waals surface area (Å²) < 4.78 is 6.17. The normalized spacial score (nSPS) is 10.8. The van der Waals surface area contributed by atoms with Gasteiger partial charge in [0.05, 0.1) is 30.3 Å². The zero-order chi connectivity index (χ0) is 21.7. The number of halogens is 2. The van der Waals surface area contributed by atoms with Gasteiger partial charge in [-0.3, -0.25) is 4.79 Å². The van der Waals surface area contributed by atoms with Crippen LogP contribution in [0.3, 0.4) is 0 Å². The fourth-order valence-corrected chi connectivity index (χ4v) is 3.87. The number of amides is 2. The number of hydrogen-bond donors (Lipinski definition) is 3. The number of nitrogens with one attached hydrogen (secondary N) is 2. The van der Waals surface area contributed by atoms with Crippen LogP contribution >= 0.6 is 27.5 Å². The molecule has 30 heavy (non-hydrogen) atoms. The minimum atomic E-state index is -0.431. The second kappa shape index (κ2) is 9.97. The van der Waals surface area contributed by atoms with E-state index in [2.05, 4.69) is 26.2 Å². The molecular formula is C21H21BrClN3O4. The molecule has 0 atom stereocenters. The number of hydrogen-bond acceptors (Lipinski definition) is 4. The first-order chi connectivity index (χ1) is 14.4. The second-order valence-electron chi connectivity index (χ2n) is 6.51. The van der Waals surface area contributed by atoms with Crippen LogP contribution in [-0.4, -0.2) is 40.8 Å². The quantitative estimate of drug-likeness (QED) is 0.455. The number of aromatic nitrogens is 1. The minimum absolute atomic E-state index is 0.0266. The lowest BCUT2D eigenvalue weighted by atomic mass is 10.1. The maximum Gasteiger partial charge on any atom is 0.322 e. The number of carbonyl (C=O) groups excluding carboxylic acids is 1. The summed E-state index contributed by atoms with van der Waals surface area (Å²) in [5.41, 5.74) is 1.14. The molecule has 3 aromatic rings. The van der Waals surface area contributed by atoms with Crippen LogP contribution in [0.1, 0.15) is 12.5 Å². The van der Waals surface area contributed by atoms with Gasteiger partial charge in [0.25, 0.3) is 5.56 Å². The fraction of sp³-hybridized carbons (Fsp3) is 0.238. The average Bonchev–Trinajstić information content (AvgIpc) is 2.70. The smallest absolute Gasteiger partial charge is 0.322 e. The van der Waals surface area contributed by atoms with Crippen LogP contribution in [0.2, 0.25) is 5.02 Å². The van der Waals surface area contributed by atoms with Gasteiger partial charge in [-0.05, 0) is 49.4 Å². The molecule has 2 amide bonds. The Hall–Kier alpha value is -2.55. The molecular weight excluding hydrogens is 474 g/mol. The molecule has 0 aliphatic heterocycles. The Bertz CT molecular complexity index is 1100. The number of benzene rings is 2. The summed E-state index contributed by atoms with van der Waals surface area (Å²) in [5, 5.41) is 13.3. The molecule has 0 fully saturated rings. The van der Waals surface area contributed by atoms with Crippen molar-refractivity contribution in [1.82, 2.24) is 9.88 Å². The average molecular weight is 495 g/mol. The van der Waals surface area contributed by atoms with E-state index in [-0.39, 0.29) is 25.3 Å². The van der Waals surface area contributed by atoms with Crippen LogP contribution in [0, 0.1) is 0 Å². The number of carbonyl (C=O) groups is 1. The summed E-state index contributed by atoms with van der Waals surface area (Å²) in [6, 6.07) is 11.7. The summed E-state index contributed by atoms with van der Waals surface area (Å²) in [6.45, 7) is 2.31. The predicted octanol–water partition coefficient (Wildman–Crippen LogP) is 4.37. The molecule has 0 spiro atoms. The van der Waals surface area contributed by atoms with E-state index in [1.54, 1.807) is 36.4 Å². The monoisotopic (exact) mass is 493 g/mol. The maximum absolute atomic E-state index is 12.7. The molecule has 0 unspecified atom stereocenters. The van der Waals surface area contributed by atoms with Gasteiger partial charge in [-0.25, -0.2) is 4.79 Å². The molecule has 3 N–H and O–H groups in total. The Labute approximate surface area is 186 Å². The highest BCUT2D eigenvalue weighted by molar-refractivity contribution is 9.10. The molecule has 158 valence electrons. The van der Waals surface area contributed by atoms with Gasteiger partial charge in [-0.15, -0.1) is 0 Å². The molecule has 0 bridgehead atoms. The van der Waals surface area contributed by atoms with E-state index in [1.807, 2.05) is 13.0 Å². The first kappa shape index (κ1) is 22.1. The Balaban J connectivity index is 1.81. The predicted molar refractivity (Wildman–Crippen MR) is 121 cm³/mol. The molecule has 1 heterocycles. The number of nitrogens with zero attached hydrogens (tertiary/aromatic N) is 1. The molecule has 7 nitrogen and oxygen atoms in total. The second-order valence-corrected chi connectivity index (χ2v) is 7.83. The van der Waals surface area contributed by atoms with Crippen LogP contribution in [0.25, 0.3) is 10.9 Å². The van der Waals surface area contributed by atoms with E-state index in [0.29, 0.717) is 34.1 Å². The van der Waals surface area contributed by atoms with E-state index in [1.165, 1.54) is 4.90 Å². The summed E-state index contributed by atoms with van der Waals surface area (Å²) in [5.74, 6) is 0.704. The largest absolute Gasteiger partial charge is 0.494 e. The van der Waals surface area contributed by atoms with Crippen molar-refractivity contribution in [3.05, 3.63) is 67.9 Å². The van der Waals surface area contributed by atoms with Crippen LogP contribution in [0.4, 0.5) is 10.5 Å². The molecule has 0 saturated heterocycles. The van der Waals surface area contributed by atoms with E-state index in [0.717, 1.165) is 9.86 Å². The number of rotatable bonds is 7. The first-order valence-corrected chi connectivity index (χ1v) is 10.5. The molecule has 9 heteroatoms. The number of ether oxygens (including phenoxy) is 1. The van der Waals surface area contributed by atoms with Crippen molar-refractivity contribution in [1.29, 1.82) is 0 Å². The minimum Gasteiger partial charge on any atom is -0.494 e. The van der Waals surface area contributed by atoms with Crippen molar-refractivity contribution < 1.29 is 14.6 Å². The number of urea groups is 1. The number of pyridine rings is 1. The fourth-order valence-electron chi connectivity index (χ4n) is 2.99. The van der Waals surface area contributed by atoms with Gasteiger partial charge < -0.3 is 25.0 Å². The Morgan fingerprint density at radius 3 is 2.67 bits per heavy atom. The van der Waals surface area contributed by atoms with Crippen molar-refractivity contribution in [2.45, 2.75) is 13.5 Å². The van der Waals surface area contributed by atoms with Crippen LogP contribution in [0.5, 0.6) is 5.75 Å². The topological polar surface area (TPSA) is 94.7 Å². The van der Waals surface area contributed by atoms with Gasteiger partial charge in [0, 0.05) is 27.7 Å². The molecule has 0 aliphatic rings. The van der Waals surface area contributed by atoms with Crippen LogP contribution < -0.4 is 15.6 Å². The zero-order valence-corrected chi connectivity index (χ0v) is 18.6. The van der Waals surface area contributed by atoms with E-state index < -0.39 is 6.03 Å². The molecule has 3 rings (SSSR count). The van der Waals surface area contributed by atoms with Crippen molar-refractivity contribution in [3.8, 4) is 5.75 Å². The van der Waals surface area contributed by atoms with Crippen molar-refractivity contribution in [2.75, 3.05) is 25.1 Å². The number of anilines is 1. The Kier molecular flexibility index (Phi) is 7.36.